The quantitative estimate of drug-likeness (QED) is 0.724. The number of nitrogens with one attached hydrogen (secondary N) is 1. The second-order valence-corrected chi connectivity index (χ2v) is 6.32. The Bertz CT molecular complexity index is 862. The normalized spacial score (nSPS) is 16.9. The Morgan fingerprint density at radius 1 is 1.24 bits per heavy atom. The van der Waals surface area contributed by atoms with Gasteiger partial charge in [0.15, 0.2) is 0 Å². The molecule has 2 aromatic heterocycles. The highest BCUT2D eigenvalue weighted by atomic mass is 16.5. The minimum Gasteiger partial charge on any atom is -0.497 e. The van der Waals surface area contributed by atoms with Gasteiger partial charge in [-0.1, -0.05) is 17.4 Å². The third kappa shape index (κ3) is 3.33. The number of rotatable bonds is 5. The van der Waals surface area contributed by atoms with Gasteiger partial charge in [0.25, 0.3) is 0 Å². The molecule has 1 aliphatic carbocycles. The molecule has 3 aromatic rings. The van der Waals surface area contributed by atoms with Crippen molar-refractivity contribution in [1.82, 2.24) is 25.2 Å². The first-order chi connectivity index (χ1) is 12.3. The molecule has 6 heteroatoms. The molecule has 1 aromatic carbocycles. The number of hydrogen-bond acceptors (Lipinski definition) is 4. The maximum atomic E-state index is 5.22. The van der Waals surface area contributed by atoms with Crippen molar-refractivity contribution in [2.75, 3.05) is 7.11 Å². The zero-order valence-electron chi connectivity index (χ0n) is 14.2. The molecule has 4 rings (SSSR count). The summed E-state index contributed by atoms with van der Waals surface area (Å²) in [6.07, 6.45) is 11.7. The SMILES string of the molecule is COc1ccc(-c2[nH]ncc2Cn2cc([C@@H]3CC=CCC3)nn2)cc1. The van der Waals surface area contributed by atoms with Crippen LogP contribution >= 0.6 is 0 Å². The van der Waals surface area contributed by atoms with Crippen LogP contribution in [0.4, 0.5) is 0 Å². The fourth-order valence-electron chi connectivity index (χ4n) is 3.25. The molecular formula is C19H21N5O. The number of aromatic nitrogens is 5. The molecule has 0 radical (unpaired) electrons. The number of hydrogen-bond donors (Lipinski definition) is 1. The second-order valence-electron chi connectivity index (χ2n) is 6.32. The van der Waals surface area contributed by atoms with Crippen molar-refractivity contribution in [3.8, 4) is 17.0 Å². The summed E-state index contributed by atoms with van der Waals surface area (Å²) in [5.74, 6) is 1.33. The summed E-state index contributed by atoms with van der Waals surface area (Å²) < 4.78 is 7.11. The Morgan fingerprint density at radius 3 is 2.88 bits per heavy atom. The predicted octanol–water partition coefficient (Wildman–Crippen LogP) is 3.55. The van der Waals surface area contributed by atoms with Crippen LogP contribution in [0.25, 0.3) is 11.3 Å². The average Bonchev–Trinajstić information content (AvgIpc) is 3.33. The van der Waals surface area contributed by atoms with Gasteiger partial charge in [-0.15, -0.1) is 5.10 Å². The molecule has 0 saturated carbocycles. The number of aromatic amines is 1. The molecule has 1 aliphatic rings. The lowest BCUT2D eigenvalue weighted by Crippen LogP contribution is -2.02. The summed E-state index contributed by atoms with van der Waals surface area (Å²) in [5.41, 5.74) is 4.25. The lowest BCUT2D eigenvalue weighted by atomic mass is 9.92. The fraction of sp³-hybridized carbons (Fsp3) is 0.316. The maximum Gasteiger partial charge on any atom is 0.118 e. The van der Waals surface area contributed by atoms with Crippen LogP contribution in [0, 0.1) is 0 Å². The molecule has 25 heavy (non-hydrogen) atoms. The van der Waals surface area contributed by atoms with Gasteiger partial charge in [0.1, 0.15) is 5.75 Å². The molecule has 128 valence electrons. The molecular weight excluding hydrogens is 314 g/mol. The lowest BCUT2D eigenvalue weighted by molar-refractivity contribution is 0.415. The van der Waals surface area contributed by atoms with E-state index < -0.39 is 0 Å². The topological polar surface area (TPSA) is 68.6 Å². The van der Waals surface area contributed by atoms with Gasteiger partial charge in [0.2, 0.25) is 0 Å². The highest BCUT2D eigenvalue weighted by Gasteiger charge is 2.17. The van der Waals surface area contributed by atoms with E-state index in [2.05, 4.69) is 38.9 Å². The van der Waals surface area contributed by atoms with Crippen LogP contribution < -0.4 is 4.74 Å². The van der Waals surface area contributed by atoms with Crippen LogP contribution in [0.5, 0.6) is 5.75 Å². The van der Waals surface area contributed by atoms with Crippen molar-refractivity contribution in [2.24, 2.45) is 0 Å². The molecule has 0 unspecified atom stereocenters. The van der Waals surface area contributed by atoms with Gasteiger partial charge in [-0.25, -0.2) is 4.68 Å². The summed E-state index contributed by atoms with van der Waals surface area (Å²) >= 11 is 0. The molecule has 0 amide bonds. The first-order valence-electron chi connectivity index (χ1n) is 8.55. The van der Waals surface area contributed by atoms with E-state index in [-0.39, 0.29) is 0 Å². The summed E-state index contributed by atoms with van der Waals surface area (Å²) in [5, 5.41) is 16.0. The zero-order valence-corrected chi connectivity index (χ0v) is 14.2. The Hall–Kier alpha value is -2.89. The summed E-state index contributed by atoms with van der Waals surface area (Å²) in [6, 6.07) is 7.95. The molecule has 0 spiro atoms. The van der Waals surface area contributed by atoms with Gasteiger partial charge in [0, 0.05) is 23.2 Å². The van der Waals surface area contributed by atoms with Crippen LogP contribution in [-0.4, -0.2) is 32.3 Å². The van der Waals surface area contributed by atoms with Crippen LogP contribution in [0.1, 0.15) is 36.4 Å². The Labute approximate surface area is 146 Å². The minimum atomic E-state index is 0.490. The third-order valence-corrected chi connectivity index (χ3v) is 4.67. The molecule has 1 N–H and O–H groups in total. The Morgan fingerprint density at radius 2 is 2.12 bits per heavy atom. The van der Waals surface area contributed by atoms with Crippen LogP contribution in [0.2, 0.25) is 0 Å². The van der Waals surface area contributed by atoms with E-state index in [0.29, 0.717) is 12.5 Å². The van der Waals surface area contributed by atoms with Crippen LogP contribution in [0.15, 0.2) is 48.8 Å². The number of benzene rings is 1. The van der Waals surface area contributed by atoms with Crippen molar-refractivity contribution >= 4 is 0 Å². The summed E-state index contributed by atoms with van der Waals surface area (Å²) in [6.45, 7) is 0.646. The van der Waals surface area contributed by atoms with Crippen molar-refractivity contribution in [3.05, 3.63) is 60.1 Å². The van der Waals surface area contributed by atoms with E-state index in [9.17, 15) is 0 Å². The predicted molar refractivity (Wildman–Crippen MR) is 95.4 cm³/mol. The van der Waals surface area contributed by atoms with Gasteiger partial charge in [-0.2, -0.15) is 5.10 Å². The standard InChI is InChI=1S/C19H21N5O/c1-25-17-9-7-15(8-10-17)19-16(11-20-22-19)12-24-13-18(21-23-24)14-5-3-2-4-6-14/h2-3,7-11,13-14H,4-6,12H2,1H3,(H,20,22)/t14-/m1/s1. The molecule has 0 aliphatic heterocycles. The van der Waals surface area contributed by atoms with Gasteiger partial charge in [0.05, 0.1) is 31.2 Å². The molecule has 6 nitrogen and oxygen atoms in total. The van der Waals surface area contributed by atoms with Crippen LogP contribution in [-0.2, 0) is 6.54 Å². The summed E-state index contributed by atoms with van der Waals surface area (Å²) in [4.78, 5) is 0. The zero-order chi connectivity index (χ0) is 17.1. The lowest BCUT2D eigenvalue weighted by Gasteiger charge is -2.13. The molecule has 0 saturated heterocycles. The van der Waals surface area contributed by atoms with E-state index in [4.69, 9.17) is 4.74 Å². The first kappa shape index (κ1) is 15.6. The first-order valence-corrected chi connectivity index (χ1v) is 8.55. The monoisotopic (exact) mass is 335 g/mol. The number of H-pyrrole nitrogens is 1. The molecule has 1 atom stereocenters. The van der Waals surface area contributed by atoms with Crippen molar-refractivity contribution in [2.45, 2.75) is 31.7 Å². The Balaban J connectivity index is 1.53. The van der Waals surface area contributed by atoms with E-state index >= 15 is 0 Å². The second kappa shape index (κ2) is 6.93. The van der Waals surface area contributed by atoms with E-state index in [1.54, 1.807) is 7.11 Å². The van der Waals surface area contributed by atoms with E-state index in [1.165, 1.54) is 0 Å². The highest BCUT2D eigenvalue weighted by molar-refractivity contribution is 5.63. The number of allylic oxidation sites excluding steroid dienone is 2. The van der Waals surface area contributed by atoms with Crippen molar-refractivity contribution < 1.29 is 4.74 Å². The molecule has 0 bridgehead atoms. The third-order valence-electron chi connectivity index (χ3n) is 4.67. The molecule has 0 fully saturated rings. The largest absolute Gasteiger partial charge is 0.497 e. The van der Waals surface area contributed by atoms with Gasteiger partial charge in [-0.05, 0) is 43.5 Å². The smallest absolute Gasteiger partial charge is 0.118 e. The van der Waals surface area contributed by atoms with Gasteiger partial charge >= 0.3 is 0 Å². The molecule has 2 heterocycles. The highest BCUT2D eigenvalue weighted by Crippen LogP contribution is 2.28. The fourth-order valence-corrected chi connectivity index (χ4v) is 3.25. The number of ether oxygens (including phenoxy) is 1. The summed E-state index contributed by atoms with van der Waals surface area (Å²) in [7, 11) is 1.67. The van der Waals surface area contributed by atoms with Crippen molar-refractivity contribution in [1.29, 1.82) is 0 Å². The minimum absolute atomic E-state index is 0.490. The van der Waals surface area contributed by atoms with E-state index in [0.717, 1.165) is 47.5 Å². The Kier molecular flexibility index (Phi) is 4.33. The number of nitrogens with zero attached hydrogens (tertiary/aromatic N) is 4. The maximum absolute atomic E-state index is 5.22. The van der Waals surface area contributed by atoms with E-state index in [1.807, 2.05) is 35.1 Å². The van der Waals surface area contributed by atoms with Crippen LogP contribution in [0.3, 0.4) is 0 Å². The van der Waals surface area contributed by atoms with Crippen molar-refractivity contribution in [3.63, 3.8) is 0 Å². The average molecular weight is 335 g/mol. The van der Waals surface area contributed by atoms with Gasteiger partial charge in [-0.3, -0.25) is 5.10 Å². The van der Waals surface area contributed by atoms with Gasteiger partial charge < -0.3 is 4.74 Å². The number of methoxy groups -OCH3 is 1.